The third-order valence-electron chi connectivity index (χ3n) is 4.74. The number of nitrogens with one attached hydrogen (secondary N) is 2. The first kappa shape index (κ1) is 22.2. The number of nitrogens with two attached hydrogens (primary N) is 2. The third kappa shape index (κ3) is 5.34. The van der Waals surface area contributed by atoms with E-state index in [-0.39, 0.29) is 17.6 Å². The Morgan fingerprint density at radius 3 is 2.74 bits per heavy atom. The minimum atomic E-state index is -0.532. The van der Waals surface area contributed by atoms with Crippen molar-refractivity contribution in [2.45, 2.75) is 39.2 Å². The van der Waals surface area contributed by atoms with Crippen LogP contribution in [0.15, 0.2) is 37.3 Å². The molecule has 0 aromatic carbocycles. The average molecular weight is 426 g/mol. The Bertz CT molecular complexity index is 1030. The van der Waals surface area contributed by atoms with Crippen molar-refractivity contribution in [3.05, 3.63) is 54.4 Å². The molecule has 0 saturated heterocycles. The number of rotatable bonds is 10. The summed E-state index contributed by atoms with van der Waals surface area (Å²) in [6, 6.07) is 3.08. The molecule has 0 spiro atoms. The summed E-state index contributed by atoms with van der Waals surface area (Å²) in [5.74, 6) is -0.0882. The van der Waals surface area contributed by atoms with Gasteiger partial charge in [0.1, 0.15) is 5.82 Å². The zero-order chi connectivity index (χ0) is 22.4. The summed E-state index contributed by atoms with van der Waals surface area (Å²) in [6.07, 6.45) is 7.54. The van der Waals surface area contributed by atoms with Crippen LogP contribution in [0.4, 0.5) is 21.7 Å². The second kappa shape index (κ2) is 9.98. The Kier molecular flexibility index (Phi) is 7.14. The zero-order valence-corrected chi connectivity index (χ0v) is 17.8. The molecule has 0 saturated carbocycles. The molecule has 31 heavy (non-hydrogen) atoms. The van der Waals surface area contributed by atoms with Gasteiger partial charge < -0.3 is 22.1 Å². The van der Waals surface area contributed by atoms with E-state index in [1.54, 1.807) is 23.3 Å². The lowest BCUT2D eigenvalue weighted by Gasteiger charge is -2.17. The number of halogens is 1. The maximum Gasteiger partial charge on any atom is 0.166 e. The second-order valence-corrected chi connectivity index (χ2v) is 7.20. The van der Waals surface area contributed by atoms with Gasteiger partial charge in [-0.2, -0.15) is 0 Å². The summed E-state index contributed by atoms with van der Waals surface area (Å²) in [5, 5.41) is 14.1. The first-order valence-corrected chi connectivity index (χ1v) is 10.2. The minimum absolute atomic E-state index is 0.0865. The summed E-state index contributed by atoms with van der Waals surface area (Å²) < 4.78 is 16.2. The van der Waals surface area contributed by atoms with Crippen molar-refractivity contribution in [1.29, 1.82) is 0 Å². The van der Waals surface area contributed by atoms with Crippen molar-refractivity contribution in [2.24, 2.45) is 11.5 Å². The average Bonchev–Trinajstić information content (AvgIpc) is 3.29. The van der Waals surface area contributed by atoms with E-state index >= 15 is 0 Å². The monoisotopic (exact) mass is 425 g/mol. The molecule has 10 heteroatoms. The standard InChI is InChI=1S/C21H28FN9/c1-4-6-18-19(31-8-7-27-30-31)9-15(12-25-18)28-20-16(13(3)23)10-17(22)21(29-20)26-11-14(24)5-2/h7-10,12,14H,3-6,11,23-24H2,1-2H3,(H2,26,28,29). The van der Waals surface area contributed by atoms with Crippen molar-refractivity contribution < 1.29 is 4.39 Å². The predicted molar refractivity (Wildman–Crippen MR) is 121 cm³/mol. The normalized spacial score (nSPS) is 11.9. The van der Waals surface area contributed by atoms with Crippen molar-refractivity contribution >= 4 is 23.0 Å². The molecule has 3 heterocycles. The van der Waals surface area contributed by atoms with Crippen LogP contribution in [0.1, 0.15) is 37.9 Å². The Morgan fingerprint density at radius 2 is 2.10 bits per heavy atom. The Morgan fingerprint density at radius 1 is 1.29 bits per heavy atom. The molecule has 9 nitrogen and oxygen atoms in total. The fraction of sp³-hybridized carbons (Fsp3) is 0.333. The van der Waals surface area contributed by atoms with Gasteiger partial charge in [0.25, 0.3) is 0 Å². The summed E-state index contributed by atoms with van der Waals surface area (Å²) in [7, 11) is 0. The van der Waals surface area contributed by atoms with Gasteiger partial charge in [0.15, 0.2) is 11.6 Å². The molecule has 0 amide bonds. The highest BCUT2D eigenvalue weighted by atomic mass is 19.1. The molecule has 3 rings (SSSR count). The highest BCUT2D eigenvalue weighted by Crippen LogP contribution is 2.28. The van der Waals surface area contributed by atoms with Gasteiger partial charge in [-0.25, -0.2) is 14.1 Å². The van der Waals surface area contributed by atoms with Crippen LogP contribution in [0.5, 0.6) is 0 Å². The second-order valence-electron chi connectivity index (χ2n) is 7.20. The van der Waals surface area contributed by atoms with Gasteiger partial charge in [-0.05, 0) is 25.0 Å². The molecular formula is C21H28FN9. The van der Waals surface area contributed by atoms with Crippen LogP contribution in [0.2, 0.25) is 0 Å². The number of pyridine rings is 2. The van der Waals surface area contributed by atoms with Crippen molar-refractivity contribution in [3.8, 4) is 5.69 Å². The Hall–Kier alpha value is -3.53. The van der Waals surface area contributed by atoms with Crippen LogP contribution in [0, 0.1) is 5.82 Å². The topological polar surface area (TPSA) is 133 Å². The van der Waals surface area contributed by atoms with Crippen molar-refractivity contribution in [1.82, 2.24) is 25.0 Å². The highest BCUT2D eigenvalue weighted by Gasteiger charge is 2.15. The van der Waals surface area contributed by atoms with Crippen LogP contribution in [-0.2, 0) is 6.42 Å². The first-order chi connectivity index (χ1) is 14.9. The highest BCUT2D eigenvalue weighted by molar-refractivity contribution is 5.76. The smallest absolute Gasteiger partial charge is 0.166 e. The maximum absolute atomic E-state index is 14.6. The van der Waals surface area contributed by atoms with E-state index in [0.717, 1.165) is 30.6 Å². The largest absolute Gasteiger partial charge is 0.399 e. The fourth-order valence-electron chi connectivity index (χ4n) is 2.98. The van der Waals surface area contributed by atoms with Crippen molar-refractivity contribution in [3.63, 3.8) is 0 Å². The summed E-state index contributed by atoms with van der Waals surface area (Å²) in [4.78, 5) is 8.96. The van der Waals surface area contributed by atoms with Crippen LogP contribution in [0.25, 0.3) is 11.4 Å². The van der Waals surface area contributed by atoms with Gasteiger partial charge in [0, 0.05) is 23.8 Å². The van der Waals surface area contributed by atoms with E-state index in [1.165, 1.54) is 6.07 Å². The molecule has 0 aliphatic heterocycles. The molecule has 0 aliphatic rings. The molecule has 3 aromatic rings. The lowest BCUT2D eigenvalue weighted by atomic mass is 10.1. The summed E-state index contributed by atoms with van der Waals surface area (Å²) in [5.41, 5.74) is 14.7. The lowest BCUT2D eigenvalue weighted by Crippen LogP contribution is -2.28. The maximum atomic E-state index is 14.6. The molecule has 164 valence electrons. The fourth-order valence-corrected chi connectivity index (χ4v) is 2.98. The minimum Gasteiger partial charge on any atom is -0.399 e. The molecule has 0 radical (unpaired) electrons. The molecular weight excluding hydrogens is 397 g/mol. The Labute approximate surface area is 180 Å². The molecule has 6 N–H and O–H groups in total. The van der Waals surface area contributed by atoms with Crippen LogP contribution in [0.3, 0.4) is 0 Å². The van der Waals surface area contributed by atoms with Crippen LogP contribution < -0.4 is 22.1 Å². The number of aromatic nitrogens is 5. The number of nitrogens with zero attached hydrogens (tertiary/aromatic N) is 5. The lowest BCUT2D eigenvalue weighted by molar-refractivity contribution is 0.618. The van der Waals surface area contributed by atoms with E-state index in [0.29, 0.717) is 23.6 Å². The molecule has 1 atom stereocenters. The molecule has 0 bridgehead atoms. The van der Waals surface area contributed by atoms with Crippen LogP contribution in [-0.4, -0.2) is 37.5 Å². The van der Waals surface area contributed by atoms with Crippen LogP contribution >= 0.6 is 0 Å². The van der Waals surface area contributed by atoms with Gasteiger partial charge in [-0.3, -0.25) is 4.98 Å². The SMILES string of the molecule is C=C(N)c1cc(F)c(NCC(N)CC)nc1Nc1cnc(CCC)c(-n2ccnn2)c1. The van der Waals surface area contributed by atoms with Gasteiger partial charge in [-0.1, -0.05) is 32.1 Å². The van der Waals surface area contributed by atoms with E-state index in [2.05, 4.69) is 44.4 Å². The molecule has 1 unspecified atom stereocenters. The predicted octanol–water partition coefficient (Wildman–Crippen LogP) is 2.97. The number of aryl methyl sites for hydroxylation is 1. The zero-order valence-electron chi connectivity index (χ0n) is 17.8. The van der Waals surface area contributed by atoms with E-state index in [1.807, 2.05) is 13.0 Å². The number of hydrogen-bond acceptors (Lipinski definition) is 8. The summed E-state index contributed by atoms with van der Waals surface area (Å²) in [6.45, 7) is 8.18. The van der Waals surface area contributed by atoms with Gasteiger partial charge in [0.2, 0.25) is 0 Å². The number of hydrogen-bond donors (Lipinski definition) is 4. The molecule has 0 fully saturated rings. The molecule has 0 aliphatic carbocycles. The Balaban J connectivity index is 1.97. The van der Waals surface area contributed by atoms with E-state index < -0.39 is 5.82 Å². The van der Waals surface area contributed by atoms with Gasteiger partial charge in [0.05, 0.1) is 35.7 Å². The van der Waals surface area contributed by atoms with Crippen molar-refractivity contribution in [2.75, 3.05) is 17.2 Å². The van der Waals surface area contributed by atoms with Gasteiger partial charge >= 0.3 is 0 Å². The molecule has 3 aromatic heterocycles. The first-order valence-electron chi connectivity index (χ1n) is 10.2. The summed E-state index contributed by atoms with van der Waals surface area (Å²) >= 11 is 0. The third-order valence-corrected chi connectivity index (χ3v) is 4.74. The van der Waals surface area contributed by atoms with E-state index in [9.17, 15) is 4.39 Å². The number of anilines is 3. The van der Waals surface area contributed by atoms with E-state index in [4.69, 9.17) is 11.5 Å². The quantitative estimate of drug-likeness (QED) is 0.390. The van der Waals surface area contributed by atoms with Gasteiger partial charge in [-0.15, -0.1) is 5.10 Å².